The second kappa shape index (κ2) is 2.67. The van der Waals surface area contributed by atoms with E-state index in [0.29, 0.717) is 12.1 Å². The number of carbonyl (C=O) groups excluding carboxylic acids is 1. The fraction of sp³-hybridized carbons (Fsp3) is 0.667. The minimum Gasteiger partial charge on any atom is -0.379 e. The molecule has 1 saturated heterocycles. The van der Waals surface area contributed by atoms with Gasteiger partial charge < -0.3 is 11.1 Å². The molecule has 3 nitrogen and oxygen atoms in total. The predicted molar refractivity (Wildman–Crippen MR) is 34.4 cm³/mol. The number of hydrogen-bond donors (Lipinski definition) is 2. The standard InChI is InChI=1S/C6H10N2O/c7-5-1-2-8-6(3-5)4-9/h5,8H,1-3,7H2. The second-order valence-corrected chi connectivity index (χ2v) is 2.26. The Kier molecular flexibility index (Phi) is 1.88. The summed E-state index contributed by atoms with van der Waals surface area (Å²) >= 11 is 0. The van der Waals surface area contributed by atoms with Crippen molar-refractivity contribution in [2.24, 2.45) is 5.73 Å². The van der Waals surface area contributed by atoms with Crippen LogP contribution in [0, 0.1) is 0 Å². The van der Waals surface area contributed by atoms with Crippen LogP contribution in [-0.4, -0.2) is 18.5 Å². The average molecular weight is 126 g/mol. The molecule has 0 amide bonds. The zero-order valence-corrected chi connectivity index (χ0v) is 5.18. The topological polar surface area (TPSA) is 55.1 Å². The first-order valence-corrected chi connectivity index (χ1v) is 3.06. The number of nitrogens with one attached hydrogen (secondary N) is 1. The summed E-state index contributed by atoms with van der Waals surface area (Å²) in [4.78, 5) is 10.0. The Hall–Kier alpha value is -0.790. The molecule has 1 aliphatic rings. The van der Waals surface area contributed by atoms with E-state index < -0.39 is 0 Å². The van der Waals surface area contributed by atoms with Gasteiger partial charge in [0, 0.05) is 19.0 Å². The van der Waals surface area contributed by atoms with Crippen molar-refractivity contribution in [1.29, 1.82) is 0 Å². The Morgan fingerprint density at radius 3 is 3.00 bits per heavy atom. The summed E-state index contributed by atoms with van der Waals surface area (Å²) in [6.45, 7) is 0.811. The van der Waals surface area contributed by atoms with Crippen LogP contribution in [-0.2, 0) is 4.79 Å². The molecule has 0 aromatic heterocycles. The van der Waals surface area contributed by atoms with Gasteiger partial charge in [0.2, 0.25) is 0 Å². The summed E-state index contributed by atoms with van der Waals surface area (Å²) in [5, 5.41) is 2.91. The average Bonchev–Trinajstić information content (AvgIpc) is 1.88. The van der Waals surface area contributed by atoms with Gasteiger partial charge in [-0.05, 0) is 6.42 Å². The quantitative estimate of drug-likeness (QED) is 0.427. The molecule has 0 bridgehead atoms. The highest BCUT2D eigenvalue weighted by Crippen LogP contribution is 2.05. The van der Waals surface area contributed by atoms with E-state index in [9.17, 15) is 4.79 Å². The third-order valence-electron chi connectivity index (χ3n) is 1.44. The van der Waals surface area contributed by atoms with Crippen LogP contribution in [0.25, 0.3) is 0 Å². The molecule has 0 aromatic carbocycles. The van der Waals surface area contributed by atoms with Crippen LogP contribution in [0.4, 0.5) is 0 Å². The summed E-state index contributed by atoms with van der Waals surface area (Å²) < 4.78 is 0. The lowest BCUT2D eigenvalue weighted by molar-refractivity contribution is 0.505. The lowest BCUT2D eigenvalue weighted by Gasteiger charge is -2.19. The van der Waals surface area contributed by atoms with Crippen LogP contribution < -0.4 is 11.1 Å². The van der Waals surface area contributed by atoms with E-state index in [-0.39, 0.29) is 6.04 Å². The molecule has 0 saturated carbocycles. The van der Waals surface area contributed by atoms with Crippen molar-refractivity contribution in [3.63, 3.8) is 0 Å². The monoisotopic (exact) mass is 126 g/mol. The van der Waals surface area contributed by atoms with Gasteiger partial charge in [-0.3, -0.25) is 0 Å². The van der Waals surface area contributed by atoms with Crippen molar-refractivity contribution in [3.8, 4) is 0 Å². The maximum atomic E-state index is 10.0. The van der Waals surface area contributed by atoms with Gasteiger partial charge in [0.25, 0.3) is 0 Å². The van der Waals surface area contributed by atoms with Crippen molar-refractivity contribution in [1.82, 2.24) is 5.32 Å². The summed E-state index contributed by atoms with van der Waals surface area (Å²) in [5.41, 5.74) is 6.18. The van der Waals surface area contributed by atoms with Crippen molar-refractivity contribution in [3.05, 3.63) is 5.70 Å². The molecule has 1 rings (SSSR count). The summed E-state index contributed by atoms with van der Waals surface area (Å²) in [7, 11) is 0. The lowest BCUT2D eigenvalue weighted by atomic mass is 10.1. The Balaban J connectivity index is 2.51. The zero-order chi connectivity index (χ0) is 6.69. The molecule has 3 heteroatoms. The van der Waals surface area contributed by atoms with Gasteiger partial charge in [0.05, 0.1) is 5.70 Å². The maximum Gasteiger partial charge on any atom is 0.145 e. The molecule has 9 heavy (non-hydrogen) atoms. The molecule has 1 fully saturated rings. The van der Waals surface area contributed by atoms with Crippen molar-refractivity contribution in [2.45, 2.75) is 18.9 Å². The second-order valence-electron chi connectivity index (χ2n) is 2.26. The Labute approximate surface area is 53.9 Å². The lowest BCUT2D eigenvalue weighted by Crippen LogP contribution is -2.34. The first kappa shape index (κ1) is 6.33. The van der Waals surface area contributed by atoms with Crippen molar-refractivity contribution < 1.29 is 4.79 Å². The van der Waals surface area contributed by atoms with Gasteiger partial charge >= 0.3 is 0 Å². The van der Waals surface area contributed by atoms with Gasteiger partial charge in [0.1, 0.15) is 5.94 Å². The molecule has 1 unspecified atom stereocenters. The Morgan fingerprint density at radius 2 is 2.56 bits per heavy atom. The number of hydrogen-bond acceptors (Lipinski definition) is 3. The highest BCUT2D eigenvalue weighted by Gasteiger charge is 2.11. The summed E-state index contributed by atoms with van der Waals surface area (Å²) in [6.07, 6.45) is 1.61. The third-order valence-corrected chi connectivity index (χ3v) is 1.44. The van der Waals surface area contributed by atoms with Gasteiger partial charge in [0.15, 0.2) is 0 Å². The summed E-state index contributed by atoms with van der Waals surface area (Å²) in [5.74, 6) is 1.81. The Bertz CT molecular complexity index is 149. The first-order chi connectivity index (χ1) is 4.33. The summed E-state index contributed by atoms with van der Waals surface area (Å²) in [6, 6.07) is 0.155. The van der Waals surface area contributed by atoms with Crippen LogP contribution in [0.2, 0.25) is 0 Å². The first-order valence-electron chi connectivity index (χ1n) is 3.06. The van der Waals surface area contributed by atoms with Gasteiger partial charge in [-0.2, -0.15) is 0 Å². The van der Waals surface area contributed by atoms with Crippen LogP contribution in [0.1, 0.15) is 12.8 Å². The van der Waals surface area contributed by atoms with Crippen LogP contribution >= 0.6 is 0 Å². The van der Waals surface area contributed by atoms with Gasteiger partial charge in [-0.1, -0.05) is 0 Å². The van der Waals surface area contributed by atoms with E-state index in [4.69, 9.17) is 5.73 Å². The van der Waals surface area contributed by atoms with E-state index >= 15 is 0 Å². The molecule has 3 N–H and O–H groups in total. The molecular weight excluding hydrogens is 116 g/mol. The number of nitrogens with two attached hydrogens (primary N) is 1. The van der Waals surface area contributed by atoms with Crippen LogP contribution in [0.5, 0.6) is 0 Å². The maximum absolute atomic E-state index is 10.0. The van der Waals surface area contributed by atoms with Gasteiger partial charge in [-0.15, -0.1) is 0 Å². The highest BCUT2D eigenvalue weighted by molar-refractivity contribution is 5.51. The predicted octanol–water partition coefficient (Wildman–Crippen LogP) is -0.587. The van der Waals surface area contributed by atoms with E-state index in [1.54, 1.807) is 0 Å². The van der Waals surface area contributed by atoms with E-state index in [0.717, 1.165) is 13.0 Å². The fourth-order valence-corrected chi connectivity index (χ4v) is 0.923. The molecule has 0 aliphatic carbocycles. The number of rotatable bonds is 0. The zero-order valence-electron chi connectivity index (χ0n) is 5.18. The van der Waals surface area contributed by atoms with Crippen molar-refractivity contribution in [2.75, 3.05) is 6.54 Å². The SMILES string of the molecule is NC1CCNC(=C=O)C1. The van der Waals surface area contributed by atoms with Crippen LogP contribution in [0.15, 0.2) is 5.70 Å². The molecule has 0 spiro atoms. The molecule has 0 radical (unpaired) electrons. The normalized spacial score (nSPS) is 26.8. The van der Waals surface area contributed by atoms with Crippen molar-refractivity contribution >= 4 is 5.94 Å². The molecular formula is C6H10N2O. The Morgan fingerprint density at radius 1 is 1.78 bits per heavy atom. The molecule has 0 aromatic rings. The van der Waals surface area contributed by atoms with Crippen LogP contribution in [0.3, 0.4) is 0 Å². The minimum atomic E-state index is 0.155. The molecule has 1 aliphatic heterocycles. The van der Waals surface area contributed by atoms with E-state index in [1.807, 2.05) is 5.94 Å². The smallest absolute Gasteiger partial charge is 0.145 e. The number of piperidine rings is 1. The fourth-order valence-electron chi connectivity index (χ4n) is 0.923. The highest BCUT2D eigenvalue weighted by atomic mass is 16.1. The minimum absolute atomic E-state index is 0.155. The molecule has 50 valence electrons. The van der Waals surface area contributed by atoms with E-state index in [2.05, 4.69) is 5.32 Å². The molecule has 1 atom stereocenters. The largest absolute Gasteiger partial charge is 0.379 e. The molecule has 1 heterocycles. The third kappa shape index (κ3) is 1.56. The van der Waals surface area contributed by atoms with Gasteiger partial charge in [-0.25, -0.2) is 4.79 Å². The van der Waals surface area contributed by atoms with E-state index in [1.165, 1.54) is 0 Å².